The molecular formula is C25H18Cl3F3N4O4. The number of halogens is 6. The van der Waals surface area contributed by atoms with Crippen molar-refractivity contribution >= 4 is 52.4 Å². The number of carbonyl (C=O) groups is 2. The van der Waals surface area contributed by atoms with Crippen LogP contribution >= 0.6 is 34.8 Å². The van der Waals surface area contributed by atoms with Gasteiger partial charge in [0.25, 0.3) is 5.91 Å². The van der Waals surface area contributed by atoms with E-state index in [1.54, 1.807) is 6.92 Å². The van der Waals surface area contributed by atoms with Crippen LogP contribution in [0.1, 0.15) is 31.8 Å². The summed E-state index contributed by atoms with van der Waals surface area (Å²) >= 11 is 17.6. The molecule has 2 atom stereocenters. The molecule has 0 radical (unpaired) electrons. The van der Waals surface area contributed by atoms with E-state index in [2.05, 4.69) is 20.8 Å². The Morgan fingerprint density at radius 3 is 2.26 bits per heavy atom. The number of Topliss-reactive ketones (excluding diaryl/α,β-unsaturated/α-hetero) is 1. The van der Waals surface area contributed by atoms with Gasteiger partial charge in [0.05, 0.1) is 23.1 Å². The largest absolute Gasteiger partial charge is 0.428 e. The summed E-state index contributed by atoms with van der Waals surface area (Å²) in [7, 11) is 1.16. The normalized spacial score (nSPS) is 17.8. The number of nitrogens with zero attached hydrogens (tertiary/aromatic N) is 2. The van der Waals surface area contributed by atoms with Crippen molar-refractivity contribution in [2.75, 3.05) is 12.4 Å². The van der Waals surface area contributed by atoms with Gasteiger partial charge in [-0.1, -0.05) is 40.9 Å². The molecule has 0 saturated carbocycles. The van der Waals surface area contributed by atoms with E-state index in [9.17, 15) is 22.8 Å². The Kier molecular flexibility index (Phi) is 8.20. The molecule has 1 aliphatic rings. The smallest absolute Gasteiger partial charge is 0.367 e. The lowest BCUT2D eigenvalue weighted by Gasteiger charge is -2.28. The number of alkyl halides is 3. The maximum Gasteiger partial charge on any atom is 0.428 e. The number of amides is 1. The van der Waals surface area contributed by atoms with Crippen molar-refractivity contribution in [3.05, 3.63) is 97.9 Å². The number of carbonyl (C=O) groups excluding carboxylic acids is 2. The standard InChI is InChI=1S/C25H18Cl3F3N4O4/c1-12-5-13(3-4-18(12)22(37)34-23-32-10-17(28)11-33-23)20(36)21(38-2)19-9-24(39-35-19,25(29,30)31)14-6-15(26)8-16(27)7-14/h3-11,21,35H,1-2H3,(H,32,33,34,37). The molecule has 4 rings (SSSR count). The number of hydrogen-bond donors (Lipinski definition) is 2. The first kappa shape index (κ1) is 28.8. The first-order chi connectivity index (χ1) is 18.3. The van der Waals surface area contributed by atoms with E-state index in [1.165, 1.54) is 36.7 Å². The molecule has 204 valence electrons. The van der Waals surface area contributed by atoms with Crippen LogP contribution in [0.15, 0.2) is 60.6 Å². The Morgan fingerprint density at radius 2 is 1.69 bits per heavy atom. The fraction of sp³-hybridized carbons (Fsp3) is 0.200. The number of benzene rings is 2. The first-order valence-corrected chi connectivity index (χ1v) is 12.1. The predicted octanol–water partition coefficient (Wildman–Crippen LogP) is 6.07. The topological polar surface area (TPSA) is 102 Å². The second kappa shape index (κ2) is 11.1. The van der Waals surface area contributed by atoms with Crippen molar-refractivity contribution in [1.29, 1.82) is 0 Å². The summed E-state index contributed by atoms with van der Waals surface area (Å²) in [5, 5.41) is 2.73. The molecule has 1 aliphatic heterocycles. The molecule has 1 aromatic heterocycles. The number of anilines is 1. The molecule has 2 unspecified atom stereocenters. The van der Waals surface area contributed by atoms with Gasteiger partial charge in [0.2, 0.25) is 11.5 Å². The molecule has 39 heavy (non-hydrogen) atoms. The molecule has 0 saturated heterocycles. The van der Waals surface area contributed by atoms with Crippen LogP contribution in [-0.4, -0.2) is 41.0 Å². The Morgan fingerprint density at radius 1 is 1.05 bits per heavy atom. The molecule has 8 nitrogen and oxygen atoms in total. The van der Waals surface area contributed by atoms with E-state index in [4.69, 9.17) is 44.4 Å². The monoisotopic (exact) mass is 600 g/mol. The highest BCUT2D eigenvalue weighted by Crippen LogP contribution is 2.47. The highest BCUT2D eigenvalue weighted by atomic mass is 35.5. The number of ether oxygens (including phenoxy) is 1. The van der Waals surface area contributed by atoms with Crippen LogP contribution < -0.4 is 10.8 Å². The second-order valence-electron chi connectivity index (χ2n) is 8.38. The summed E-state index contributed by atoms with van der Waals surface area (Å²) in [6.07, 6.45) is -3.12. The maximum atomic E-state index is 14.3. The summed E-state index contributed by atoms with van der Waals surface area (Å²) in [5.41, 5.74) is -0.773. The van der Waals surface area contributed by atoms with Gasteiger partial charge in [0.1, 0.15) is 0 Å². The van der Waals surface area contributed by atoms with Gasteiger partial charge < -0.3 is 4.74 Å². The van der Waals surface area contributed by atoms with E-state index in [-0.39, 0.29) is 32.8 Å². The van der Waals surface area contributed by atoms with Gasteiger partial charge >= 0.3 is 6.18 Å². The van der Waals surface area contributed by atoms with Crippen LogP contribution in [0.3, 0.4) is 0 Å². The molecule has 2 heterocycles. The number of methoxy groups -OCH3 is 1. The highest BCUT2D eigenvalue weighted by molar-refractivity contribution is 6.34. The van der Waals surface area contributed by atoms with Crippen LogP contribution in [0.5, 0.6) is 0 Å². The van der Waals surface area contributed by atoms with Gasteiger partial charge in [-0.15, -0.1) is 0 Å². The average molecular weight is 602 g/mol. The average Bonchev–Trinajstić information content (AvgIpc) is 3.32. The third kappa shape index (κ3) is 5.87. The van der Waals surface area contributed by atoms with Crippen LogP contribution in [0.4, 0.5) is 19.1 Å². The molecule has 0 spiro atoms. The number of aromatic nitrogens is 2. The molecule has 2 N–H and O–H groups in total. The number of rotatable bonds is 7. The molecular weight excluding hydrogens is 584 g/mol. The van der Waals surface area contributed by atoms with Crippen molar-refractivity contribution in [2.45, 2.75) is 24.8 Å². The first-order valence-electron chi connectivity index (χ1n) is 11.0. The van der Waals surface area contributed by atoms with Gasteiger partial charge in [-0.3, -0.25) is 25.2 Å². The second-order valence-corrected chi connectivity index (χ2v) is 9.69. The quantitative estimate of drug-likeness (QED) is 0.317. The molecule has 1 amide bonds. The Bertz CT molecular complexity index is 1450. The van der Waals surface area contributed by atoms with Crippen molar-refractivity contribution in [3.63, 3.8) is 0 Å². The number of ketones is 1. The van der Waals surface area contributed by atoms with Gasteiger partial charge in [-0.2, -0.15) is 13.2 Å². The zero-order chi connectivity index (χ0) is 28.5. The molecule has 14 heteroatoms. The summed E-state index contributed by atoms with van der Waals surface area (Å²) in [5.74, 6) is -1.20. The van der Waals surface area contributed by atoms with Gasteiger partial charge in [0.15, 0.2) is 11.9 Å². The number of nitrogens with one attached hydrogen (secondary N) is 2. The van der Waals surface area contributed by atoms with E-state index >= 15 is 0 Å². The van der Waals surface area contributed by atoms with Crippen LogP contribution in [0.25, 0.3) is 0 Å². The third-order valence-corrected chi connectivity index (χ3v) is 6.39. The minimum Gasteiger partial charge on any atom is -0.367 e. The van der Waals surface area contributed by atoms with Crippen molar-refractivity contribution in [3.8, 4) is 0 Å². The predicted molar refractivity (Wildman–Crippen MR) is 138 cm³/mol. The number of hydroxylamine groups is 1. The summed E-state index contributed by atoms with van der Waals surface area (Å²) < 4.78 is 48.2. The number of hydrogen-bond acceptors (Lipinski definition) is 7. The summed E-state index contributed by atoms with van der Waals surface area (Å²) in [6, 6.07) is 7.56. The summed E-state index contributed by atoms with van der Waals surface area (Å²) in [4.78, 5) is 38.8. The van der Waals surface area contributed by atoms with Crippen molar-refractivity contribution < 1.29 is 32.3 Å². The lowest BCUT2D eigenvalue weighted by Crippen LogP contribution is -2.42. The van der Waals surface area contributed by atoms with E-state index in [0.717, 1.165) is 19.2 Å². The third-order valence-electron chi connectivity index (χ3n) is 5.76. The van der Waals surface area contributed by atoms with Crippen LogP contribution in [-0.2, 0) is 15.2 Å². The minimum atomic E-state index is -4.96. The Balaban J connectivity index is 1.62. The zero-order valence-corrected chi connectivity index (χ0v) is 22.3. The molecule has 0 bridgehead atoms. The van der Waals surface area contributed by atoms with Crippen LogP contribution in [0.2, 0.25) is 15.1 Å². The molecule has 3 aromatic rings. The Hall–Kier alpha value is -3.22. The molecule has 0 aliphatic carbocycles. The highest BCUT2D eigenvalue weighted by Gasteiger charge is 2.60. The van der Waals surface area contributed by atoms with E-state index < -0.39 is 35.1 Å². The Labute approximate surface area is 235 Å². The van der Waals surface area contributed by atoms with Gasteiger partial charge in [0, 0.05) is 33.8 Å². The van der Waals surface area contributed by atoms with E-state index in [0.29, 0.717) is 16.7 Å². The SMILES string of the molecule is COC(C(=O)c1ccc(C(=O)Nc2ncc(Cl)cn2)c(C)c1)C1=CC(c2cc(Cl)cc(Cl)c2)(C(F)(F)F)ON1. The number of aryl methyl sites for hydroxylation is 1. The molecule has 0 fully saturated rings. The van der Waals surface area contributed by atoms with Crippen molar-refractivity contribution in [2.24, 2.45) is 0 Å². The summed E-state index contributed by atoms with van der Waals surface area (Å²) in [6.45, 7) is 1.59. The zero-order valence-electron chi connectivity index (χ0n) is 20.1. The molecule has 2 aromatic carbocycles. The van der Waals surface area contributed by atoms with Gasteiger partial charge in [-0.25, -0.2) is 9.97 Å². The van der Waals surface area contributed by atoms with Crippen LogP contribution in [0, 0.1) is 6.92 Å². The van der Waals surface area contributed by atoms with Gasteiger partial charge in [-0.05, 0) is 48.9 Å². The minimum absolute atomic E-state index is 0.0248. The van der Waals surface area contributed by atoms with Crippen molar-refractivity contribution in [1.82, 2.24) is 15.4 Å². The fourth-order valence-electron chi connectivity index (χ4n) is 3.90. The maximum absolute atomic E-state index is 14.3. The lowest BCUT2D eigenvalue weighted by molar-refractivity contribution is -0.270. The van der Waals surface area contributed by atoms with E-state index in [1.807, 2.05) is 0 Å². The fourth-order valence-corrected chi connectivity index (χ4v) is 4.53. The lowest BCUT2D eigenvalue weighted by atomic mass is 9.91.